The van der Waals surface area contributed by atoms with E-state index in [1.54, 1.807) is 0 Å². The maximum absolute atomic E-state index is 11.7. The van der Waals surface area contributed by atoms with Crippen molar-refractivity contribution in [1.82, 2.24) is 0 Å². The third kappa shape index (κ3) is 2.85. The van der Waals surface area contributed by atoms with Crippen molar-refractivity contribution in [2.75, 3.05) is 0 Å². The van der Waals surface area contributed by atoms with E-state index in [0.717, 1.165) is 11.6 Å². The summed E-state index contributed by atoms with van der Waals surface area (Å²) in [6, 6.07) is 9.24. The van der Waals surface area contributed by atoms with Gasteiger partial charge < -0.3 is 15.3 Å². The van der Waals surface area contributed by atoms with Crippen LogP contribution in [-0.2, 0) is 11.2 Å². The molecule has 2 rings (SSSR count). The van der Waals surface area contributed by atoms with Crippen LogP contribution < -0.4 is 0 Å². The standard InChI is InChI=1S/C14H14O4/c15-12(8-10-4-2-1-3-5-10)11-6-7-14(17,18)9-13(11)16/h1-7,15,17-18H,8-9H2. The number of ketones is 1. The number of hydrogen-bond donors (Lipinski definition) is 3. The Morgan fingerprint density at radius 1 is 1.22 bits per heavy atom. The van der Waals surface area contributed by atoms with Crippen LogP contribution in [0.4, 0.5) is 0 Å². The number of carbonyl (C=O) groups excluding carboxylic acids is 1. The van der Waals surface area contributed by atoms with E-state index in [2.05, 4.69) is 0 Å². The van der Waals surface area contributed by atoms with Gasteiger partial charge in [0.2, 0.25) is 0 Å². The molecule has 0 fully saturated rings. The van der Waals surface area contributed by atoms with E-state index in [4.69, 9.17) is 0 Å². The molecular formula is C14H14O4. The number of aliphatic hydroxyl groups excluding tert-OH is 1. The summed E-state index contributed by atoms with van der Waals surface area (Å²) in [5.41, 5.74) is 1.02. The molecule has 1 aliphatic rings. The SMILES string of the molecule is O=C1CC(O)(O)C=CC1=C(O)Cc1ccccc1. The molecule has 4 nitrogen and oxygen atoms in total. The van der Waals surface area contributed by atoms with Crippen molar-refractivity contribution < 1.29 is 20.1 Å². The molecule has 1 aromatic carbocycles. The van der Waals surface area contributed by atoms with Crippen LogP contribution in [0.5, 0.6) is 0 Å². The van der Waals surface area contributed by atoms with Crippen LogP contribution in [0.1, 0.15) is 12.0 Å². The van der Waals surface area contributed by atoms with Gasteiger partial charge in [-0.15, -0.1) is 0 Å². The van der Waals surface area contributed by atoms with Crippen LogP contribution in [-0.4, -0.2) is 26.9 Å². The molecule has 0 atom stereocenters. The zero-order valence-electron chi connectivity index (χ0n) is 9.71. The lowest BCUT2D eigenvalue weighted by Gasteiger charge is -2.21. The molecule has 3 N–H and O–H groups in total. The first-order valence-electron chi connectivity index (χ1n) is 5.61. The number of benzene rings is 1. The summed E-state index contributed by atoms with van der Waals surface area (Å²) < 4.78 is 0. The second-order valence-corrected chi connectivity index (χ2v) is 4.33. The monoisotopic (exact) mass is 246 g/mol. The highest BCUT2D eigenvalue weighted by Gasteiger charge is 2.30. The van der Waals surface area contributed by atoms with E-state index < -0.39 is 18.0 Å². The van der Waals surface area contributed by atoms with Crippen molar-refractivity contribution in [2.45, 2.75) is 18.6 Å². The second-order valence-electron chi connectivity index (χ2n) is 4.33. The van der Waals surface area contributed by atoms with Gasteiger partial charge >= 0.3 is 0 Å². The zero-order chi connectivity index (χ0) is 13.2. The molecule has 1 aromatic rings. The molecule has 0 heterocycles. The summed E-state index contributed by atoms with van der Waals surface area (Å²) in [7, 11) is 0. The van der Waals surface area contributed by atoms with E-state index in [1.165, 1.54) is 6.08 Å². The minimum absolute atomic E-state index is 0.0575. The summed E-state index contributed by atoms with van der Waals surface area (Å²) in [6.45, 7) is 0. The molecule has 0 radical (unpaired) electrons. The van der Waals surface area contributed by atoms with E-state index in [-0.39, 0.29) is 17.8 Å². The number of hydrogen-bond acceptors (Lipinski definition) is 4. The fourth-order valence-electron chi connectivity index (χ4n) is 1.84. The Morgan fingerprint density at radius 3 is 2.50 bits per heavy atom. The summed E-state index contributed by atoms with van der Waals surface area (Å²) in [5, 5.41) is 28.5. The molecule has 0 unspecified atom stereocenters. The van der Waals surface area contributed by atoms with Crippen molar-refractivity contribution in [1.29, 1.82) is 0 Å². The average molecular weight is 246 g/mol. The maximum Gasteiger partial charge on any atom is 0.190 e. The number of carbonyl (C=O) groups is 1. The minimum Gasteiger partial charge on any atom is -0.511 e. The first kappa shape index (κ1) is 12.5. The molecular weight excluding hydrogens is 232 g/mol. The minimum atomic E-state index is -2.10. The van der Waals surface area contributed by atoms with Crippen molar-refractivity contribution in [3.05, 3.63) is 59.4 Å². The molecule has 18 heavy (non-hydrogen) atoms. The quantitative estimate of drug-likeness (QED) is 0.417. The lowest BCUT2D eigenvalue weighted by molar-refractivity contribution is -0.144. The van der Waals surface area contributed by atoms with Crippen molar-refractivity contribution >= 4 is 5.78 Å². The van der Waals surface area contributed by atoms with Gasteiger partial charge in [-0.05, 0) is 17.7 Å². The Kier molecular flexibility index (Phi) is 3.32. The summed E-state index contributed by atoms with van der Waals surface area (Å²) in [4.78, 5) is 11.7. The van der Waals surface area contributed by atoms with Gasteiger partial charge in [0, 0.05) is 6.42 Å². The van der Waals surface area contributed by atoms with Crippen LogP contribution in [0, 0.1) is 0 Å². The molecule has 0 aliphatic heterocycles. The number of aliphatic hydroxyl groups is 3. The van der Waals surface area contributed by atoms with Gasteiger partial charge in [0.1, 0.15) is 5.76 Å². The smallest absolute Gasteiger partial charge is 0.190 e. The van der Waals surface area contributed by atoms with Crippen LogP contribution in [0.2, 0.25) is 0 Å². The van der Waals surface area contributed by atoms with E-state index in [0.29, 0.717) is 0 Å². The number of Topliss-reactive ketones (excluding diaryl/α,β-unsaturated/α-hetero) is 1. The summed E-state index contributed by atoms with van der Waals surface area (Å²) in [5.74, 6) is -2.64. The molecule has 1 aliphatic carbocycles. The van der Waals surface area contributed by atoms with E-state index in [9.17, 15) is 20.1 Å². The molecule has 0 saturated carbocycles. The Bertz CT molecular complexity index is 512. The van der Waals surface area contributed by atoms with Gasteiger partial charge in [-0.1, -0.05) is 30.3 Å². The Balaban J connectivity index is 2.24. The topological polar surface area (TPSA) is 77.8 Å². The largest absolute Gasteiger partial charge is 0.511 e. The molecule has 0 spiro atoms. The summed E-state index contributed by atoms with van der Waals surface area (Å²) in [6.07, 6.45) is 2.17. The van der Waals surface area contributed by atoms with Crippen molar-refractivity contribution in [3.63, 3.8) is 0 Å². The number of rotatable bonds is 2. The van der Waals surface area contributed by atoms with Crippen LogP contribution in [0.15, 0.2) is 53.8 Å². The molecule has 0 saturated heterocycles. The van der Waals surface area contributed by atoms with Gasteiger partial charge in [-0.25, -0.2) is 0 Å². The highest BCUT2D eigenvalue weighted by Crippen LogP contribution is 2.23. The van der Waals surface area contributed by atoms with Crippen molar-refractivity contribution in [3.8, 4) is 0 Å². The normalized spacial score (nSPS) is 20.9. The summed E-state index contributed by atoms with van der Waals surface area (Å²) >= 11 is 0. The highest BCUT2D eigenvalue weighted by molar-refractivity contribution is 6.00. The fraction of sp³-hybridized carbons (Fsp3) is 0.214. The molecule has 4 heteroatoms. The van der Waals surface area contributed by atoms with Gasteiger partial charge in [-0.2, -0.15) is 0 Å². The third-order valence-electron chi connectivity index (χ3n) is 2.76. The first-order chi connectivity index (χ1) is 8.48. The lowest BCUT2D eigenvalue weighted by Crippen LogP contribution is -2.32. The van der Waals surface area contributed by atoms with Gasteiger partial charge in [0.15, 0.2) is 11.6 Å². The Labute approximate surface area is 105 Å². The van der Waals surface area contributed by atoms with Crippen molar-refractivity contribution in [2.24, 2.45) is 0 Å². The predicted molar refractivity (Wildman–Crippen MR) is 65.7 cm³/mol. The van der Waals surface area contributed by atoms with Crippen LogP contribution in [0.25, 0.3) is 0 Å². The zero-order valence-corrected chi connectivity index (χ0v) is 9.71. The van der Waals surface area contributed by atoms with Crippen LogP contribution >= 0.6 is 0 Å². The number of allylic oxidation sites excluding steroid dienone is 3. The second kappa shape index (κ2) is 4.76. The average Bonchev–Trinajstić information content (AvgIpc) is 2.28. The predicted octanol–water partition coefficient (Wildman–Crippen LogP) is 1.25. The first-order valence-corrected chi connectivity index (χ1v) is 5.61. The maximum atomic E-state index is 11.7. The molecule has 0 aromatic heterocycles. The molecule has 0 amide bonds. The molecule has 0 bridgehead atoms. The third-order valence-corrected chi connectivity index (χ3v) is 2.76. The van der Waals surface area contributed by atoms with Gasteiger partial charge in [0.25, 0.3) is 0 Å². The Morgan fingerprint density at radius 2 is 1.89 bits per heavy atom. The van der Waals surface area contributed by atoms with Gasteiger partial charge in [0.05, 0.1) is 12.0 Å². The lowest BCUT2D eigenvalue weighted by atomic mass is 9.93. The molecule has 94 valence electrons. The fourth-order valence-corrected chi connectivity index (χ4v) is 1.84. The highest BCUT2D eigenvalue weighted by atomic mass is 16.5. The van der Waals surface area contributed by atoms with Crippen LogP contribution in [0.3, 0.4) is 0 Å². The van der Waals surface area contributed by atoms with E-state index >= 15 is 0 Å². The van der Waals surface area contributed by atoms with Gasteiger partial charge in [-0.3, -0.25) is 4.79 Å². The Hall–Kier alpha value is -1.91. The van der Waals surface area contributed by atoms with E-state index in [1.807, 2.05) is 30.3 Å².